The number of methoxy groups -OCH3 is 1. The fourth-order valence-electron chi connectivity index (χ4n) is 1.70. The fourth-order valence-corrected chi connectivity index (χ4v) is 1.70. The Morgan fingerprint density at radius 2 is 1.67 bits per heavy atom. The first kappa shape index (κ1) is 12.2. The highest BCUT2D eigenvalue weighted by Crippen LogP contribution is 2.24. The lowest BCUT2D eigenvalue weighted by atomic mass is 10.0. The smallest absolute Gasteiger partial charge is 0.437 e. The molecule has 2 aromatic rings. The normalized spacial score (nSPS) is 9.89. The Morgan fingerprint density at radius 3 is 2.33 bits per heavy atom. The number of carbonyl (C=O) groups excluding carboxylic acids is 1. The van der Waals surface area contributed by atoms with E-state index in [0.717, 1.165) is 11.1 Å². The molecule has 0 aliphatic rings. The van der Waals surface area contributed by atoms with Crippen molar-refractivity contribution in [2.75, 3.05) is 7.11 Å². The van der Waals surface area contributed by atoms with Crippen LogP contribution in [-0.4, -0.2) is 13.3 Å². The fraction of sp³-hybridized carbons (Fsp3) is 0.133. The van der Waals surface area contributed by atoms with Crippen LogP contribution in [0.15, 0.2) is 48.5 Å². The molecule has 2 rings (SSSR count). The first-order valence-electron chi connectivity index (χ1n) is 5.62. The molecule has 0 heterocycles. The van der Waals surface area contributed by atoms with Crippen LogP contribution >= 0.6 is 0 Å². The van der Waals surface area contributed by atoms with Crippen molar-refractivity contribution in [1.29, 1.82) is 0 Å². The van der Waals surface area contributed by atoms with Gasteiger partial charge in [0.05, 0.1) is 7.11 Å². The van der Waals surface area contributed by atoms with Crippen molar-refractivity contribution in [3.05, 3.63) is 54.1 Å². The second kappa shape index (κ2) is 5.36. The van der Waals surface area contributed by atoms with Gasteiger partial charge in [0.15, 0.2) is 0 Å². The molecule has 3 heteroatoms. The second-order valence-electron chi connectivity index (χ2n) is 3.95. The summed E-state index contributed by atoms with van der Waals surface area (Å²) in [6.07, 6.45) is -0.712. The van der Waals surface area contributed by atoms with Gasteiger partial charge in [0.2, 0.25) is 0 Å². The van der Waals surface area contributed by atoms with Gasteiger partial charge in [-0.3, -0.25) is 0 Å². The maximum absolute atomic E-state index is 11.0. The van der Waals surface area contributed by atoms with E-state index < -0.39 is 6.16 Å². The summed E-state index contributed by atoms with van der Waals surface area (Å²) in [5.74, 6) is 0.473. The van der Waals surface area contributed by atoms with Crippen LogP contribution in [0.2, 0.25) is 0 Å². The summed E-state index contributed by atoms with van der Waals surface area (Å²) in [6.45, 7) is 2.04. The molecule has 0 saturated carbocycles. The van der Waals surface area contributed by atoms with Gasteiger partial charge in [0.25, 0.3) is 0 Å². The van der Waals surface area contributed by atoms with E-state index in [0.29, 0.717) is 5.75 Å². The number of ether oxygens (including phenoxy) is 2. The van der Waals surface area contributed by atoms with Gasteiger partial charge in [-0.2, -0.15) is 0 Å². The number of hydrogen-bond acceptors (Lipinski definition) is 3. The molecule has 0 bridgehead atoms. The van der Waals surface area contributed by atoms with Crippen LogP contribution < -0.4 is 4.74 Å². The molecular formula is C15H14O3. The lowest BCUT2D eigenvalue weighted by molar-refractivity contribution is 0.121. The molecule has 0 fully saturated rings. The van der Waals surface area contributed by atoms with Crippen molar-refractivity contribution in [1.82, 2.24) is 0 Å². The lowest BCUT2D eigenvalue weighted by Crippen LogP contribution is -2.07. The van der Waals surface area contributed by atoms with Gasteiger partial charge in [-0.15, -0.1) is 0 Å². The molecule has 0 amide bonds. The minimum absolute atomic E-state index is 0.473. The highest BCUT2D eigenvalue weighted by Gasteiger charge is 2.05. The molecule has 0 saturated heterocycles. The second-order valence-corrected chi connectivity index (χ2v) is 3.95. The molecule has 0 atom stereocenters. The molecule has 0 aliphatic carbocycles. The van der Waals surface area contributed by atoms with Crippen LogP contribution in [0, 0.1) is 6.92 Å². The number of carbonyl (C=O) groups is 1. The quantitative estimate of drug-likeness (QED) is 0.593. The molecule has 0 N–H and O–H groups in total. The third-order valence-electron chi connectivity index (χ3n) is 2.55. The topological polar surface area (TPSA) is 35.5 Å². The third-order valence-corrected chi connectivity index (χ3v) is 2.55. The monoisotopic (exact) mass is 242 g/mol. The molecule has 0 spiro atoms. The van der Waals surface area contributed by atoms with Crippen molar-refractivity contribution in [3.8, 4) is 16.9 Å². The first-order valence-corrected chi connectivity index (χ1v) is 5.62. The molecule has 0 unspecified atom stereocenters. The maximum atomic E-state index is 11.0. The number of hydrogen-bond donors (Lipinski definition) is 0. The van der Waals surface area contributed by atoms with E-state index in [9.17, 15) is 4.79 Å². The zero-order chi connectivity index (χ0) is 13.0. The molecule has 18 heavy (non-hydrogen) atoms. The SMILES string of the molecule is COC(=O)Oc1cccc(-c2cccc(C)c2)c1. The van der Waals surface area contributed by atoms with E-state index in [2.05, 4.69) is 10.8 Å². The molecule has 2 aromatic carbocycles. The Labute approximate surface area is 106 Å². The number of rotatable bonds is 2. The van der Waals surface area contributed by atoms with E-state index in [1.807, 2.05) is 43.3 Å². The van der Waals surface area contributed by atoms with Gasteiger partial charge in [0.1, 0.15) is 5.75 Å². The average Bonchev–Trinajstić information content (AvgIpc) is 2.39. The van der Waals surface area contributed by atoms with Crippen molar-refractivity contribution in [2.24, 2.45) is 0 Å². The van der Waals surface area contributed by atoms with Crippen molar-refractivity contribution in [2.45, 2.75) is 6.92 Å². The minimum Gasteiger partial charge on any atom is -0.437 e. The van der Waals surface area contributed by atoms with E-state index in [1.54, 1.807) is 6.07 Å². The summed E-state index contributed by atoms with van der Waals surface area (Å²) in [7, 11) is 1.28. The molecule has 0 aromatic heterocycles. The van der Waals surface area contributed by atoms with Crippen molar-refractivity contribution in [3.63, 3.8) is 0 Å². The maximum Gasteiger partial charge on any atom is 0.513 e. The lowest BCUT2D eigenvalue weighted by Gasteiger charge is -2.06. The summed E-state index contributed by atoms with van der Waals surface area (Å²) in [6, 6.07) is 15.5. The van der Waals surface area contributed by atoms with Crippen LogP contribution in [0.3, 0.4) is 0 Å². The van der Waals surface area contributed by atoms with Gasteiger partial charge in [0, 0.05) is 0 Å². The van der Waals surface area contributed by atoms with Gasteiger partial charge in [-0.25, -0.2) is 4.79 Å². The largest absolute Gasteiger partial charge is 0.513 e. The highest BCUT2D eigenvalue weighted by molar-refractivity contribution is 5.68. The molecular weight excluding hydrogens is 228 g/mol. The van der Waals surface area contributed by atoms with Gasteiger partial charge in [-0.1, -0.05) is 42.0 Å². The van der Waals surface area contributed by atoms with E-state index in [-0.39, 0.29) is 0 Å². The highest BCUT2D eigenvalue weighted by atomic mass is 16.7. The van der Waals surface area contributed by atoms with E-state index >= 15 is 0 Å². The van der Waals surface area contributed by atoms with Crippen LogP contribution in [0.25, 0.3) is 11.1 Å². The Morgan fingerprint density at radius 1 is 1.00 bits per heavy atom. The first-order chi connectivity index (χ1) is 8.69. The zero-order valence-electron chi connectivity index (χ0n) is 10.3. The van der Waals surface area contributed by atoms with Gasteiger partial charge < -0.3 is 9.47 Å². The summed E-state index contributed by atoms with van der Waals surface area (Å²) in [5, 5.41) is 0. The Hall–Kier alpha value is -2.29. The summed E-state index contributed by atoms with van der Waals surface area (Å²) >= 11 is 0. The van der Waals surface area contributed by atoms with Gasteiger partial charge in [-0.05, 0) is 30.2 Å². The van der Waals surface area contributed by atoms with Crippen molar-refractivity contribution < 1.29 is 14.3 Å². The van der Waals surface area contributed by atoms with Gasteiger partial charge >= 0.3 is 6.16 Å². The Balaban J connectivity index is 2.29. The number of aryl methyl sites for hydroxylation is 1. The van der Waals surface area contributed by atoms with E-state index in [1.165, 1.54) is 12.7 Å². The zero-order valence-corrected chi connectivity index (χ0v) is 10.3. The Bertz CT molecular complexity index is 561. The summed E-state index contributed by atoms with van der Waals surface area (Å²) in [5.41, 5.74) is 3.28. The number of benzene rings is 2. The Kier molecular flexibility index (Phi) is 3.63. The standard InChI is InChI=1S/C15H14O3/c1-11-5-3-6-12(9-11)13-7-4-8-14(10-13)18-15(16)17-2/h3-10H,1-2H3. The van der Waals surface area contributed by atoms with Crippen molar-refractivity contribution >= 4 is 6.16 Å². The average molecular weight is 242 g/mol. The molecule has 3 nitrogen and oxygen atoms in total. The summed E-state index contributed by atoms with van der Waals surface area (Å²) in [4.78, 5) is 11.0. The van der Waals surface area contributed by atoms with Crippen LogP contribution in [0.4, 0.5) is 4.79 Å². The minimum atomic E-state index is -0.712. The molecule has 0 radical (unpaired) electrons. The predicted molar refractivity (Wildman–Crippen MR) is 69.6 cm³/mol. The van der Waals surface area contributed by atoms with Crippen LogP contribution in [-0.2, 0) is 4.74 Å². The molecule has 0 aliphatic heterocycles. The third kappa shape index (κ3) is 2.88. The predicted octanol–water partition coefficient (Wildman–Crippen LogP) is 3.81. The van der Waals surface area contributed by atoms with Crippen LogP contribution in [0.1, 0.15) is 5.56 Å². The summed E-state index contributed by atoms with van der Waals surface area (Å²) < 4.78 is 9.45. The van der Waals surface area contributed by atoms with E-state index in [4.69, 9.17) is 4.74 Å². The molecule has 92 valence electrons. The van der Waals surface area contributed by atoms with Crippen LogP contribution in [0.5, 0.6) is 5.75 Å².